The summed E-state index contributed by atoms with van der Waals surface area (Å²) in [5.74, 6) is 0. The lowest BCUT2D eigenvalue weighted by Gasteiger charge is -2.23. The van der Waals surface area contributed by atoms with Crippen molar-refractivity contribution in [2.45, 2.75) is 30.4 Å². The Hall–Kier alpha value is -1.70. The molecule has 22 heavy (non-hydrogen) atoms. The molecule has 1 unspecified atom stereocenters. The van der Waals surface area contributed by atoms with Crippen LogP contribution in [0.2, 0.25) is 0 Å². The molecular weight excluding hydrogens is 302 g/mol. The first-order valence-corrected chi connectivity index (χ1v) is 8.51. The summed E-state index contributed by atoms with van der Waals surface area (Å²) in [7, 11) is -2.00. The van der Waals surface area contributed by atoms with E-state index in [1.165, 1.54) is 12.5 Å². The summed E-state index contributed by atoms with van der Waals surface area (Å²) in [6.07, 6.45) is 3.98. The highest BCUT2D eigenvalue weighted by atomic mass is 32.2. The van der Waals surface area contributed by atoms with Crippen LogP contribution in [0, 0.1) is 0 Å². The van der Waals surface area contributed by atoms with Crippen LogP contribution in [0.4, 0.5) is 0 Å². The van der Waals surface area contributed by atoms with Crippen molar-refractivity contribution in [2.75, 3.05) is 6.54 Å². The van der Waals surface area contributed by atoms with Crippen molar-refractivity contribution in [3.63, 3.8) is 0 Å². The summed E-state index contributed by atoms with van der Waals surface area (Å²) < 4.78 is 28.1. The average Bonchev–Trinajstić information content (AvgIpc) is 2.92. The van der Waals surface area contributed by atoms with Crippen LogP contribution < -0.4 is 4.72 Å². The number of nitrogens with zero attached hydrogens (tertiary/aromatic N) is 2. The van der Waals surface area contributed by atoms with Gasteiger partial charge < -0.3 is 9.67 Å². The number of rotatable bonds is 7. The van der Waals surface area contributed by atoms with E-state index in [1.54, 1.807) is 18.5 Å². The molecule has 0 saturated heterocycles. The molecule has 7 heteroatoms. The third-order valence-electron chi connectivity index (χ3n) is 3.39. The molecule has 1 heterocycles. The number of hydrogen-bond donors (Lipinski definition) is 2. The van der Waals surface area contributed by atoms with E-state index in [0.717, 1.165) is 5.56 Å². The van der Waals surface area contributed by atoms with Gasteiger partial charge >= 0.3 is 0 Å². The van der Waals surface area contributed by atoms with E-state index >= 15 is 0 Å². The number of aliphatic hydroxyl groups is 1. The van der Waals surface area contributed by atoms with Crippen molar-refractivity contribution in [2.24, 2.45) is 7.05 Å². The number of sulfonamides is 1. The van der Waals surface area contributed by atoms with E-state index in [0.29, 0.717) is 12.8 Å². The maximum absolute atomic E-state index is 12.1. The highest BCUT2D eigenvalue weighted by Crippen LogP contribution is 2.14. The van der Waals surface area contributed by atoms with Crippen molar-refractivity contribution >= 4 is 10.0 Å². The zero-order valence-corrected chi connectivity index (χ0v) is 13.5. The molecule has 0 fully saturated rings. The molecule has 0 bridgehead atoms. The Bertz CT molecular complexity index is 709. The van der Waals surface area contributed by atoms with Crippen LogP contribution in [0.1, 0.15) is 18.9 Å². The Morgan fingerprint density at radius 2 is 2.00 bits per heavy atom. The maximum atomic E-state index is 12.1. The number of benzene rings is 1. The van der Waals surface area contributed by atoms with Crippen LogP contribution in [0.5, 0.6) is 0 Å². The van der Waals surface area contributed by atoms with Gasteiger partial charge in [-0.1, -0.05) is 30.3 Å². The van der Waals surface area contributed by atoms with E-state index in [9.17, 15) is 13.5 Å². The Kier molecular flexibility index (Phi) is 5.00. The van der Waals surface area contributed by atoms with Crippen molar-refractivity contribution in [3.05, 3.63) is 48.4 Å². The molecule has 2 N–H and O–H groups in total. The normalized spacial score (nSPS) is 14.7. The van der Waals surface area contributed by atoms with Gasteiger partial charge in [-0.3, -0.25) is 0 Å². The summed E-state index contributed by atoms with van der Waals surface area (Å²) in [5, 5.41) is 10.3. The first-order valence-electron chi connectivity index (χ1n) is 7.02. The van der Waals surface area contributed by atoms with Crippen LogP contribution in [0.15, 0.2) is 47.9 Å². The summed E-state index contributed by atoms with van der Waals surface area (Å²) in [6.45, 7) is 1.57. The largest absolute Gasteiger partial charge is 0.389 e. The Labute approximate surface area is 130 Å². The van der Waals surface area contributed by atoms with E-state index in [1.807, 2.05) is 30.3 Å². The smallest absolute Gasteiger partial charge is 0.259 e. The monoisotopic (exact) mass is 323 g/mol. The number of aryl methyl sites for hydroxylation is 2. The van der Waals surface area contributed by atoms with Crippen LogP contribution >= 0.6 is 0 Å². The molecule has 0 aliphatic rings. The highest BCUT2D eigenvalue weighted by molar-refractivity contribution is 7.89. The first-order chi connectivity index (χ1) is 10.3. The molecule has 1 aromatic carbocycles. The third-order valence-corrected chi connectivity index (χ3v) is 4.68. The minimum Gasteiger partial charge on any atom is -0.389 e. The summed E-state index contributed by atoms with van der Waals surface area (Å²) in [5.41, 5.74) is -0.0205. The van der Waals surface area contributed by atoms with Crippen LogP contribution in [-0.4, -0.2) is 35.2 Å². The molecule has 0 aliphatic heterocycles. The maximum Gasteiger partial charge on any atom is 0.259 e. The van der Waals surface area contributed by atoms with Gasteiger partial charge in [0.15, 0.2) is 5.03 Å². The van der Waals surface area contributed by atoms with Crippen molar-refractivity contribution in [1.29, 1.82) is 0 Å². The van der Waals surface area contributed by atoms with Crippen LogP contribution in [-0.2, 0) is 23.5 Å². The van der Waals surface area contributed by atoms with Gasteiger partial charge in [0.2, 0.25) is 0 Å². The molecule has 0 saturated carbocycles. The average molecular weight is 323 g/mol. The van der Waals surface area contributed by atoms with Gasteiger partial charge in [-0.25, -0.2) is 18.1 Å². The minimum absolute atomic E-state index is 0.0474. The fourth-order valence-electron chi connectivity index (χ4n) is 2.00. The van der Waals surface area contributed by atoms with Gasteiger partial charge in [-0.2, -0.15) is 0 Å². The van der Waals surface area contributed by atoms with Crippen molar-refractivity contribution < 1.29 is 13.5 Å². The summed E-state index contributed by atoms with van der Waals surface area (Å²) in [4.78, 5) is 3.81. The molecule has 0 amide bonds. The fraction of sp³-hybridized carbons (Fsp3) is 0.400. The lowest BCUT2D eigenvalue weighted by Crippen LogP contribution is -2.41. The lowest BCUT2D eigenvalue weighted by atomic mass is 9.97. The van der Waals surface area contributed by atoms with Crippen LogP contribution in [0.3, 0.4) is 0 Å². The van der Waals surface area contributed by atoms with Crippen molar-refractivity contribution in [1.82, 2.24) is 14.3 Å². The molecule has 1 aromatic heterocycles. The minimum atomic E-state index is -3.70. The van der Waals surface area contributed by atoms with Gasteiger partial charge in [0.1, 0.15) is 0 Å². The Morgan fingerprint density at radius 3 is 2.59 bits per heavy atom. The summed E-state index contributed by atoms with van der Waals surface area (Å²) >= 11 is 0. The fourth-order valence-corrected chi connectivity index (χ4v) is 3.14. The molecule has 2 rings (SSSR count). The second-order valence-electron chi connectivity index (χ2n) is 5.68. The molecule has 6 nitrogen and oxygen atoms in total. The molecule has 120 valence electrons. The quantitative estimate of drug-likeness (QED) is 0.798. The molecule has 0 spiro atoms. The molecule has 0 radical (unpaired) electrons. The first kappa shape index (κ1) is 16.7. The van der Waals surface area contributed by atoms with Gasteiger partial charge in [-0.15, -0.1) is 0 Å². The zero-order chi connectivity index (χ0) is 16.2. The number of hydrogen-bond acceptors (Lipinski definition) is 4. The van der Waals surface area contributed by atoms with E-state index in [-0.39, 0.29) is 11.6 Å². The van der Waals surface area contributed by atoms with Crippen LogP contribution in [0.25, 0.3) is 0 Å². The van der Waals surface area contributed by atoms with E-state index in [2.05, 4.69) is 9.71 Å². The molecule has 0 aliphatic carbocycles. The zero-order valence-electron chi connectivity index (χ0n) is 12.7. The van der Waals surface area contributed by atoms with E-state index in [4.69, 9.17) is 0 Å². The van der Waals surface area contributed by atoms with Gasteiger partial charge in [0, 0.05) is 19.8 Å². The second-order valence-corrected chi connectivity index (χ2v) is 7.40. The molecular formula is C15H21N3O3S. The SMILES string of the molecule is Cn1cnc(S(=O)(=O)NCC(C)(O)CCc2ccccc2)c1. The van der Waals surface area contributed by atoms with Crippen molar-refractivity contribution in [3.8, 4) is 0 Å². The molecule has 2 aromatic rings. The number of imidazole rings is 1. The predicted octanol–water partition coefficient (Wildman–Crippen LogP) is 1.08. The Balaban J connectivity index is 1.91. The van der Waals surface area contributed by atoms with Gasteiger partial charge in [0.05, 0.1) is 11.9 Å². The summed E-state index contributed by atoms with van der Waals surface area (Å²) in [6, 6.07) is 9.77. The predicted molar refractivity (Wildman–Crippen MR) is 83.8 cm³/mol. The van der Waals surface area contributed by atoms with E-state index < -0.39 is 15.6 Å². The number of nitrogens with one attached hydrogen (secondary N) is 1. The number of aromatic nitrogens is 2. The topological polar surface area (TPSA) is 84.2 Å². The van der Waals surface area contributed by atoms with Gasteiger partial charge in [-0.05, 0) is 25.3 Å². The Morgan fingerprint density at radius 1 is 1.32 bits per heavy atom. The second kappa shape index (κ2) is 6.60. The third kappa shape index (κ3) is 4.66. The highest BCUT2D eigenvalue weighted by Gasteiger charge is 2.25. The van der Waals surface area contributed by atoms with Gasteiger partial charge in [0.25, 0.3) is 10.0 Å². The molecule has 1 atom stereocenters. The standard InChI is InChI=1S/C15H21N3O3S/c1-15(19,9-8-13-6-4-3-5-7-13)11-17-22(20,21)14-10-18(2)12-16-14/h3-7,10,12,17,19H,8-9,11H2,1-2H3. The lowest BCUT2D eigenvalue weighted by molar-refractivity contribution is 0.0565.